The van der Waals surface area contributed by atoms with E-state index in [1.165, 1.54) is 5.56 Å². The number of aryl methyl sites for hydroxylation is 2. The number of nitrogens with two attached hydrogens (primary N) is 1. The van der Waals surface area contributed by atoms with Crippen molar-refractivity contribution in [3.8, 4) is 11.9 Å². The van der Waals surface area contributed by atoms with Crippen LogP contribution in [0.4, 0.5) is 5.82 Å². The van der Waals surface area contributed by atoms with Gasteiger partial charge in [-0.15, -0.1) is 5.10 Å². The summed E-state index contributed by atoms with van der Waals surface area (Å²) < 4.78 is 7.44. The van der Waals surface area contributed by atoms with Gasteiger partial charge >= 0.3 is 0 Å². The molecule has 0 fully saturated rings. The third-order valence-electron chi connectivity index (χ3n) is 3.90. The number of rotatable bonds is 5. The summed E-state index contributed by atoms with van der Waals surface area (Å²) >= 11 is 0. The lowest BCUT2D eigenvalue weighted by Crippen LogP contribution is -2.09. The van der Waals surface area contributed by atoms with Crippen molar-refractivity contribution in [3.63, 3.8) is 0 Å². The molecule has 0 amide bonds. The maximum Gasteiger partial charge on any atom is 0.253 e. The van der Waals surface area contributed by atoms with Gasteiger partial charge in [0.25, 0.3) is 5.88 Å². The van der Waals surface area contributed by atoms with Crippen molar-refractivity contribution >= 4 is 5.82 Å². The van der Waals surface area contributed by atoms with Crippen molar-refractivity contribution in [2.45, 2.75) is 46.8 Å². The van der Waals surface area contributed by atoms with Crippen molar-refractivity contribution < 1.29 is 4.74 Å². The van der Waals surface area contributed by atoms with Gasteiger partial charge in [0.2, 0.25) is 0 Å². The first-order chi connectivity index (χ1) is 10.5. The summed E-state index contributed by atoms with van der Waals surface area (Å²) in [6.07, 6.45) is 0.882. The molecule has 1 atom stereocenters. The van der Waals surface area contributed by atoms with Gasteiger partial charge in [-0.2, -0.15) is 5.26 Å². The molecule has 22 heavy (non-hydrogen) atoms. The summed E-state index contributed by atoms with van der Waals surface area (Å²) in [5.41, 5.74) is 9.73. The Labute approximate surface area is 131 Å². The van der Waals surface area contributed by atoms with Gasteiger partial charge in [0.15, 0.2) is 5.56 Å². The minimum atomic E-state index is 0.130. The number of aromatic nitrogens is 2. The maximum absolute atomic E-state index is 9.30. The van der Waals surface area contributed by atoms with E-state index in [9.17, 15) is 5.26 Å². The minimum absolute atomic E-state index is 0.130. The number of nitrogen functional groups attached to an aromatic ring is 1. The number of anilines is 1. The van der Waals surface area contributed by atoms with Crippen LogP contribution in [0.1, 0.15) is 48.6 Å². The molecule has 0 spiro atoms. The zero-order valence-electron chi connectivity index (χ0n) is 13.6. The van der Waals surface area contributed by atoms with Crippen molar-refractivity contribution in [1.82, 2.24) is 9.78 Å². The molecule has 5 heteroatoms. The van der Waals surface area contributed by atoms with Crippen LogP contribution in [0.5, 0.6) is 5.88 Å². The van der Waals surface area contributed by atoms with E-state index >= 15 is 0 Å². The average Bonchev–Trinajstić information content (AvgIpc) is 2.83. The molecule has 0 saturated carbocycles. The molecule has 0 aliphatic carbocycles. The van der Waals surface area contributed by atoms with Gasteiger partial charge in [-0.3, -0.25) is 0 Å². The molecule has 1 aromatic carbocycles. The number of ether oxygens (including phenoxy) is 1. The molecule has 1 heterocycles. The Kier molecular flexibility index (Phi) is 4.71. The Morgan fingerprint density at radius 1 is 1.41 bits per heavy atom. The molecule has 0 bridgehead atoms. The molecule has 2 rings (SSSR count). The van der Waals surface area contributed by atoms with Gasteiger partial charge in [-0.25, -0.2) is 4.68 Å². The first kappa shape index (κ1) is 15.9. The van der Waals surface area contributed by atoms with Crippen LogP contribution >= 0.6 is 0 Å². The SMILES string of the molecule is CC[C@@H](C)n1nc(OCc2cc(C)ccc2C)c(C#N)c1N. The molecule has 1 aromatic heterocycles. The predicted molar refractivity (Wildman–Crippen MR) is 86.6 cm³/mol. The smallest absolute Gasteiger partial charge is 0.253 e. The first-order valence-electron chi connectivity index (χ1n) is 7.44. The van der Waals surface area contributed by atoms with Crippen LogP contribution in [0.25, 0.3) is 0 Å². The number of hydrogen-bond donors (Lipinski definition) is 1. The van der Waals surface area contributed by atoms with Crippen molar-refractivity contribution in [2.24, 2.45) is 0 Å². The van der Waals surface area contributed by atoms with E-state index in [1.807, 2.05) is 20.8 Å². The summed E-state index contributed by atoms with van der Waals surface area (Å²) in [5, 5.41) is 13.7. The average molecular weight is 298 g/mol. The maximum atomic E-state index is 9.30. The second-order valence-corrected chi connectivity index (χ2v) is 5.60. The van der Waals surface area contributed by atoms with Crippen molar-refractivity contribution in [2.75, 3.05) is 5.73 Å². The van der Waals surface area contributed by atoms with Gasteiger partial charge in [-0.1, -0.05) is 30.7 Å². The molecule has 0 aliphatic rings. The van der Waals surface area contributed by atoms with Gasteiger partial charge in [0, 0.05) is 0 Å². The predicted octanol–water partition coefficient (Wildman–Crippen LogP) is 3.50. The summed E-state index contributed by atoms with van der Waals surface area (Å²) in [7, 11) is 0. The zero-order valence-corrected chi connectivity index (χ0v) is 13.6. The molecular formula is C17H22N4O. The molecule has 0 radical (unpaired) electrons. The fourth-order valence-electron chi connectivity index (χ4n) is 2.24. The topological polar surface area (TPSA) is 76.9 Å². The first-order valence-corrected chi connectivity index (χ1v) is 7.44. The largest absolute Gasteiger partial charge is 0.471 e. The highest BCUT2D eigenvalue weighted by Crippen LogP contribution is 2.27. The lowest BCUT2D eigenvalue weighted by atomic mass is 10.1. The Balaban J connectivity index is 2.26. The standard InChI is InChI=1S/C17H22N4O/c1-5-13(4)21-16(19)15(9-18)17(20-21)22-10-14-8-11(2)6-7-12(14)3/h6-8,13H,5,10,19H2,1-4H3/t13-/m1/s1. The van der Waals surface area contributed by atoms with Crippen LogP contribution in [0.3, 0.4) is 0 Å². The lowest BCUT2D eigenvalue weighted by Gasteiger charge is -2.10. The van der Waals surface area contributed by atoms with Gasteiger partial charge in [0.1, 0.15) is 18.5 Å². The zero-order chi connectivity index (χ0) is 16.3. The van der Waals surface area contributed by atoms with Crippen molar-refractivity contribution in [3.05, 3.63) is 40.5 Å². The van der Waals surface area contributed by atoms with Crippen LogP contribution in [-0.2, 0) is 6.61 Å². The highest BCUT2D eigenvalue weighted by Gasteiger charge is 2.19. The third kappa shape index (κ3) is 3.06. The second kappa shape index (κ2) is 6.52. The lowest BCUT2D eigenvalue weighted by molar-refractivity contribution is 0.285. The Morgan fingerprint density at radius 2 is 2.14 bits per heavy atom. The molecular weight excluding hydrogens is 276 g/mol. The van der Waals surface area contributed by atoms with Crippen LogP contribution < -0.4 is 10.5 Å². The molecule has 0 unspecified atom stereocenters. The highest BCUT2D eigenvalue weighted by atomic mass is 16.5. The Morgan fingerprint density at radius 3 is 2.77 bits per heavy atom. The molecule has 2 aromatic rings. The van der Waals surface area contributed by atoms with E-state index in [0.717, 1.165) is 17.5 Å². The van der Waals surface area contributed by atoms with E-state index in [0.29, 0.717) is 23.9 Å². The highest BCUT2D eigenvalue weighted by molar-refractivity contribution is 5.55. The molecule has 0 aliphatic heterocycles. The number of nitrogens with zero attached hydrogens (tertiary/aromatic N) is 3. The van der Waals surface area contributed by atoms with E-state index in [-0.39, 0.29) is 6.04 Å². The number of hydrogen-bond acceptors (Lipinski definition) is 4. The van der Waals surface area contributed by atoms with Crippen molar-refractivity contribution in [1.29, 1.82) is 5.26 Å². The Bertz CT molecular complexity index is 712. The fourth-order valence-corrected chi connectivity index (χ4v) is 2.24. The summed E-state index contributed by atoms with van der Waals surface area (Å²) in [4.78, 5) is 0. The van der Waals surface area contributed by atoms with Crippen LogP contribution in [-0.4, -0.2) is 9.78 Å². The molecule has 2 N–H and O–H groups in total. The van der Waals surface area contributed by atoms with E-state index < -0.39 is 0 Å². The van der Waals surface area contributed by atoms with Gasteiger partial charge in [0.05, 0.1) is 6.04 Å². The van der Waals surface area contributed by atoms with E-state index in [4.69, 9.17) is 10.5 Å². The number of nitriles is 1. The summed E-state index contributed by atoms with van der Waals surface area (Å²) in [5.74, 6) is 0.675. The van der Waals surface area contributed by atoms with Gasteiger partial charge in [-0.05, 0) is 38.3 Å². The van der Waals surface area contributed by atoms with Crippen LogP contribution in [0.15, 0.2) is 18.2 Å². The van der Waals surface area contributed by atoms with Crippen LogP contribution in [0.2, 0.25) is 0 Å². The minimum Gasteiger partial charge on any atom is -0.471 e. The summed E-state index contributed by atoms with van der Waals surface area (Å²) in [6.45, 7) is 8.52. The van der Waals surface area contributed by atoms with E-state index in [1.54, 1.807) is 4.68 Å². The Hall–Kier alpha value is -2.48. The quantitative estimate of drug-likeness (QED) is 0.916. The molecule has 5 nitrogen and oxygen atoms in total. The van der Waals surface area contributed by atoms with Gasteiger partial charge < -0.3 is 10.5 Å². The second-order valence-electron chi connectivity index (χ2n) is 5.60. The molecule has 116 valence electrons. The normalized spacial score (nSPS) is 12.0. The van der Waals surface area contributed by atoms with E-state index in [2.05, 4.69) is 36.3 Å². The summed E-state index contributed by atoms with van der Waals surface area (Å²) in [6, 6.07) is 8.43. The molecule has 0 saturated heterocycles. The third-order valence-corrected chi connectivity index (χ3v) is 3.90. The monoisotopic (exact) mass is 298 g/mol. The number of benzene rings is 1. The van der Waals surface area contributed by atoms with Crippen LogP contribution in [0, 0.1) is 25.2 Å². The fraction of sp³-hybridized carbons (Fsp3) is 0.412.